The van der Waals surface area contributed by atoms with E-state index in [1.54, 1.807) is 21.3 Å². The maximum absolute atomic E-state index is 11.3. The van der Waals surface area contributed by atoms with E-state index in [2.05, 4.69) is 10.1 Å². The van der Waals surface area contributed by atoms with Crippen LogP contribution in [0.3, 0.4) is 0 Å². The Labute approximate surface area is 107 Å². The fourth-order valence-corrected chi connectivity index (χ4v) is 1.71. The summed E-state index contributed by atoms with van der Waals surface area (Å²) in [5, 5.41) is 3.08. The standard InChI is InChI=1S/C13H19NO4/c1-14-10(8-13(15)18-4)9-5-6-11(16-2)12(7-9)17-3/h5-7,10,14H,8H2,1-4H3. The Bertz CT molecular complexity index is 406. The van der Waals surface area contributed by atoms with Gasteiger partial charge in [-0.3, -0.25) is 4.79 Å². The number of carbonyl (C=O) groups is 1. The molecule has 0 bridgehead atoms. The summed E-state index contributed by atoms with van der Waals surface area (Å²) in [7, 11) is 6.34. The van der Waals surface area contributed by atoms with E-state index in [-0.39, 0.29) is 18.4 Å². The van der Waals surface area contributed by atoms with Gasteiger partial charge in [0, 0.05) is 6.04 Å². The highest BCUT2D eigenvalue weighted by Crippen LogP contribution is 2.30. The monoisotopic (exact) mass is 253 g/mol. The molecule has 1 aromatic carbocycles. The third kappa shape index (κ3) is 3.37. The molecule has 18 heavy (non-hydrogen) atoms. The number of methoxy groups -OCH3 is 3. The molecule has 0 spiro atoms. The van der Waals surface area contributed by atoms with Gasteiger partial charge in [-0.05, 0) is 24.7 Å². The van der Waals surface area contributed by atoms with E-state index in [0.29, 0.717) is 11.5 Å². The Morgan fingerprint density at radius 1 is 1.22 bits per heavy atom. The van der Waals surface area contributed by atoms with Crippen molar-refractivity contribution in [2.45, 2.75) is 12.5 Å². The van der Waals surface area contributed by atoms with Gasteiger partial charge in [0.05, 0.1) is 27.8 Å². The van der Waals surface area contributed by atoms with Crippen molar-refractivity contribution in [1.82, 2.24) is 5.32 Å². The first-order valence-corrected chi connectivity index (χ1v) is 5.62. The maximum atomic E-state index is 11.3. The van der Waals surface area contributed by atoms with Crippen LogP contribution in [-0.2, 0) is 9.53 Å². The van der Waals surface area contributed by atoms with E-state index in [1.807, 2.05) is 18.2 Å². The molecule has 0 aliphatic heterocycles. The number of rotatable bonds is 6. The zero-order chi connectivity index (χ0) is 13.5. The molecule has 0 aliphatic rings. The molecule has 5 nitrogen and oxygen atoms in total. The molecule has 0 fully saturated rings. The van der Waals surface area contributed by atoms with Crippen LogP contribution in [-0.4, -0.2) is 34.3 Å². The molecule has 1 rings (SSSR count). The zero-order valence-corrected chi connectivity index (χ0v) is 11.1. The third-order valence-corrected chi connectivity index (χ3v) is 2.76. The minimum Gasteiger partial charge on any atom is -0.493 e. The van der Waals surface area contributed by atoms with Crippen LogP contribution in [0.5, 0.6) is 11.5 Å². The molecule has 0 aliphatic carbocycles. The molecular formula is C13H19NO4. The number of benzene rings is 1. The second-order valence-electron chi connectivity index (χ2n) is 3.74. The first-order valence-electron chi connectivity index (χ1n) is 5.62. The predicted molar refractivity (Wildman–Crippen MR) is 68.0 cm³/mol. The lowest BCUT2D eigenvalue weighted by atomic mass is 10.0. The molecule has 1 N–H and O–H groups in total. The quantitative estimate of drug-likeness (QED) is 0.779. The van der Waals surface area contributed by atoms with Crippen molar-refractivity contribution in [2.75, 3.05) is 28.4 Å². The second-order valence-corrected chi connectivity index (χ2v) is 3.74. The van der Waals surface area contributed by atoms with Gasteiger partial charge in [-0.15, -0.1) is 0 Å². The predicted octanol–water partition coefficient (Wildman–Crippen LogP) is 1.53. The van der Waals surface area contributed by atoms with E-state index < -0.39 is 0 Å². The number of hydrogen-bond donors (Lipinski definition) is 1. The number of ether oxygens (including phenoxy) is 3. The fraction of sp³-hybridized carbons (Fsp3) is 0.462. The maximum Gasteiger partial charge on any atom is 0.307 e. The summed E-state index contributed by atoms with van der Waals surface area (Å²) in [5.74, 6) is 1.04. The van der Waals surface area contributed by atoms with Crippen molar-refractivity contribution in [3.8, 4) is 11.5 Å². The third-order valence-electron chi connectivity index (χ3n) is 2.76. The van der Waals surface area contributed by atoms with Crippen LogP contribution in [0.15, 0.2) is 18.2 Å². The Morgan fingerprint density at radius 3 is 2.39 bits per heavy atom. The van der Waals surface area contributed by atoms with Gasteiger partial charge in [-0.2, -0.15) is 0 Å². The van der Waals surface area contributed by atoms with Crippen LogP contribution in [0.2, 0.25) is 0 Å². The summed E-state index contributed by atoms with van der Waals surface area (Å²) in [5.41, 5.74) is 0.945. The average molecular weight is 253 g/mol. The Balaban J connectivity index is 2.95. The largest absolute Gasteiger partial charge is 0.493 e. The summed E-state index contributed by atoms with van der Waals surface area (Å²) in [6, 6.07) is 5.45. The molecule has 0 saturated heterocycles. The summed E-state index contributed by atoms with van der Waals surface area (Å²) < 4.78 is 15.1. The first kappa shape index (κ1) is 14.3. The smallest absolute Gasteiger partial charge is 0.307 e. The van der Waals surface area contributed by atoms with Crippen molar-refractivity contribution in [3.63, 3.8) is 0 Å². The van der Waals surface area contributed by atoms with Crippen molar-refractivity contribution in [1.29, 1.82) is 0 Å². The van der Waals surface area contributed by atoms with E-state index in [1.165, 1.54) is 7.11 Å². The topological polar surface area (TPSA) is 56.8 Å². The molecule has 0 radical (unpaired) electrons. The summed E-state index contributed by atoms with van der Waals surface area (Å²) in [4.78, 5) is 11.3. The van der Waals surface area contributed by atoms with Crippen LogP contribution < -0.4 is 14.8 Å². The number of hydrogen-bond acceptors (Lipinski definition) is 5. The van der Waals surface area contributed by atoms with E-state index in [0.717, 1.165) is 5.56 Å². The number of esters is 1. The lowest BCUT2D eigenvalue weighted by molar-refractivity contribution is -0.141. The van der Waals surface area contributed by atoms with Gasteiger partial charge in [0.1, 0.15) is 0 Å². The summed E-state index contributed by atoms with van der Waals surface area (Å²) in [6.45, 7) is 0. The molecule has 0 saturated carbocycles. The molecule has 0 aromatic heterocycles. The van der Waals surface area contributed by atoms with Crippen LogP contribution >= 0.6 is 0 Å². The van der Waals surface area contributed by atoms with Gasteiger partial charge in [0.15, 0.2) is 11.5 Å². The van der Waals surface area contributed by atoms with Gasteiger partial charge < -0.3 is 19.5 Å². The molecule has 1 aromatic rings. The molecule has 100 valence electrons. The van der Waals surface area contributed by atoms with E-state index in [9.17, 15) is 4.79 Å². The molecule has 1 unspecified atom stereocenters. The van der Waals surface area contributed by atoms with E-state index >= 15 is 0 Å². The second kappa shape index (κ2) is 6.86. The van der Waals surface area contributed by atoms with Crippen LogP contribution in [0, 0.1) is 0 Å². The highest BCUT2D eigenvalue weighted by molar-refractivity contribution is 5.70. The minimum atomic E-state index is -0.260. The first-order chi connectivity index (χ1) is 8.65. The SMILES string of the molecule is CNC(CC(=O)OC)c1ccc(OC)c(OC)c1. The Kier molecular flexibility index (Phi) is 5.45. The molecular weight excluding hydrogens is 234 g/mol. The molecule has 0 heterocycles. The van der Waals surface area contributed by atoms with Gasteiger partial charge in [0.2, 0.25) is 0 Å². The van der Waals surface area contributed by atoms with E-state index in [4.69, 9.17) is 9.47 Å². The Morgan fingerprint density at radius 2 is 1.89 bits per heavy atom. The molecule has 5 heteroatoms. The van der Waals surface area contributed by atoms with Crippen LogP contribution in [0.4, 0.5) is 0 Å². The summed E-state index contributed by atoms with van der Waals surface area (Å²) >= 11 is 0. The highest BCUT2D eigenvalue weighted by Gasteiger charge is 2.16. The average Bonchev–Trinajstić information content (AvgIpc) is 2.43. The van der Waals surface area contributed by atoms with Crippen LogP contribution in [0.1, 0.15) is 18.0 Å². The van der Waals surface area contributed by atoms with Gasteiger partial charge in [0.25, 0.3) is 0 Å². The lowest BCUT2D eigenvalue weighted by Crippen LogP contribution is -2.20. The Hall–Kier alpha value is -1.75. The van der Waals surface area contributed by atoms with Crippen molar-refractivity contribution in [2.24, 2.45) is 0 Å². The van der Waals surface area contributed by atoms with Gasteiger partial charge in [-0.1, -0.05) is 6.07 Å². The highest BCUT2D eigenvalue weighted by atomic mass is 16.5. The molecule has 1 atom stereocenters. The van der Waals surface area contributed by atoms with Crippen molar-refractivity contribution >= 4 is 5.97 Å². The number of carbonyl (C=O) groups excluding carboxylic acids is 1. The zero-order valence-electron chi connectivity index (χ0n) is 11.1. The fourth-order valence-electron chi connectivity index (χ4n) is 1.71. The van der Waals surface area contributed by atoms with Crippen LogP contribution in [0.25, 0.3) is 0 Å². The molecule has 0 amide bonds. The lowest BCUT2D eigenvalue weighted by Gasteiger charge is -2.17. The normalized spacial score (nSPS) is 11.8. The van der Waals surface area contributed by atoms with Crippen molar-refractivity contribution in [3.05, 3.63) is 23.8 Å². The van der Waals surface area contributed by atoms with Gasteiger partial charge in [-0.25, -0.2) is 0 Å². The number of nitrogens with one attached hydrogen (secondary N) is 1. The summed E-state index contributed by atoms with van der Waals surface area (Å²) in [6.07, 6.45) is 0.266. The minimum absolute atomic E-state index is 0.114. The van der Waals surface area contributed by atoms with Gasteiger partial charge >= 0.3 is 5.97 Å². The van der Waals surface area contributed by atoms with Crippen molar-refractivity contribution < 1.29 is 19.0 Å².